The normalized spacial score (nSPS) is 14.4. The van der Waals surface area contributed by atoms with Crippen LogP contribution in [0.2, 0.25) is 0 Å². The Bertz CT molecular complexity index is 1040. The van der Waals surface area contributed by atoms with Crippen molar-refractivity contribution in [3.05, 3.63) is 59.2 Å². The number of nitrogens with one attached hydrogen (secondary N) is 1. The average Bonchev–Trinajstić information content (AvgIpc) is 3.30. The van der Waals surface area contributed by atoms with E-state index in [4.69, 9.17) is 4.74 Å². The van der Waals surface area contributed by atoms with Gasteiger partial charge in [-0.3, -0.25) is 4.79 Å². The topological polar surface area (TPSA) is 78.9 Å². The summed E-state index contributed by atoms with van der Waals surface area (Å²) in [4.78, 5) is 15.4. The van der Waals surface area contributed by atoms with Crippen LogP contribution in [0.25, 0.3) is 0 Å². The summed E-state index contributed by atoms with van der Waals surface area (Å²) in [6.07, 6.45) is 2.27. The lowest BCUT2D eigenvalue weighted by Crippen LogP contribution is -2.28. The minimum absolute atomic E-state index is 0.114. The van der Waals surface area contributed by atoms with Gasteiger partial charge in [-0.1, -0.05) is 24.3 Å². The second kappa shape index (κ2) is 10.5. The van der Waals surface area contributed by atoms with Crippen LogP contribution in [0.15, 0.2) is 47.4 Å². The van der Waals surface area contributed by atoms with Crippen molar-refractivity contribution in [3.8, 4) is 0 Å². The maximum Gasteiger partial charge on any atom is 0.253 e. The van der Waals surface area contributed by atoms with Crippen LogP contribution < -0.4 is 10.2 Å². The second-order valence-electron chi connectivity index (χ2n) is 8.52. The summed E-state index contributed by atoms with van der Waals surface area (Å²) < 4.78 is 32.1. The number of hydrogen-bond donors (Lipinski definition) is 1. The van der Waals surface area contributed by atoms with E-state index >= 15 is 0 Å². The highest BCUT2D eigenvalue weighted by Gasteiger charge is 2.24. The molecule has 0 unspecified atom stereocenters. The highest BCUT2D eigenvalue weighted by Crippen LogP contribution is 2.28. The fourth-order valence-corrected chi connectivity index (χ4v) is 4.60. The van der Waals surface area contributed by atoms with Crippen molar-refractivity contribution in [3.63, 3.8) is 0 Å². The first-order valence-corrected chi connectivity index (χ1v) is 12.4. The molecule has 32 heavy (non-hydrogen) atoms. The second-order valence-corrected chi connectivity index (χ2v) is 10.7. The van der Waals surface area contributed by atoms with Gasteiger partial charge < -0.3 is 15.0 Å². The molecule has 0 saturated carbocycles. The van der Waals surface area contributed by atoms with Crippen molar-refractivity contribution in [2.24, 2.45) is 0 Å². The lowest BCUT2D eigenvalue weighted by molar-refractivity contribution is 0.0657. The molecule has 1 N–H and O–H groups in total. The van der Waals surface area contributed by atoms with Crippen molar-refractivity contribution in [1.82, 2.24) is 9.62 Å². The summed E-state index contributed by atoms with van der Waals surface area (Å²) in [5.41, 5.74) is 3.16. The quantitative estimate of drug-likeness (QED) is 0.622. The molecule has 0 aliphatic carbocycles. The molecule has 0 atom stereocenters. The molecule has 1 aliphatic heterocycles. The summed E-state index contributed by atoms with van der Waals surface area (Å²) in [5.74, 6) is -0.286. The van der Waals surface area contributed by atoms with E-state index in [0.29, 0.717) is 18.7 Å². The minimum Gasteiger partial charge on any atom is -0.374 e. The molecule has 1 fully saturated rings. The third kappa shape index (κ3) is 5.88. The SMILES string of the molecule is CC(C)OCc1cccc(CNC(=O)c2cc(S(=O)(=O)N(C)C)ccc2N2CCCC2)c1. The molecule has 0 bridgehead atoms. The van der Waals surface area contributed by atoms with Crippen LogP contribution in [0.1, 0.15) is 48.2 Å². The molecule has 8 heteroatoms. The Morgan fingerprint density at radius 2 is 1.78 bits per heavy atom. The first-order valence-electron chi connectivity index (χ1n) is 11.0. The molecule has 0 radical (unpaired) electrons. The third-order valence-electron chi connectivity index (χ3n) is 5.47. The van der Waals surface area contributed by atoms with E-state index in [-0.39, 0.29) is 16.9 Å². The molecule has 174 valence electrons. The van der Waals surface area contributed by atoms with Crippen LogP contribution in [0.4, 0.5) is 5.69 Å². The van der Waals surface area contributed by atoms with Gasteiger partial charge in [0.2, 0.25) is 10.0 Å². The predicted octanol–water partition coefficient (Wildman–Crippen LogP) is 3.39. The zero-order valence-corrected chi connectivity index (χ0v) is 20.1. The number of amides is 1. The number of sulfonamides is 1. The van der Waals surface area contributed by atoms with Gasteiger partial charge in [0.25, 0.3) is 5.91 Å². The van der Waals surface area contributed by atoms with Crippen LogP contribution in [0.3, 0.4) is 0 Å². The Morgan fingerprint density at radius 3 is 2.44 bits per heavy atom. The van der Waals surface area contributed by atoms with Crippen molar-refractivity contribution in [2.75, 3.05) is 32.1 Å². The molecule has 7 nitrogen and oxygen atoms in total. The first kappa shape index (κ1) is 24.2. The molecular weight excluding hydrogens is 426 g/mol. The molecule has 2 aromatic carbocycles. The van der Waals surface area contributed by atoms with Gasteiger partial charge in [0.05, 0.1) is 23.2 Å². The van der Waals surface area contributed by atoms with E-state index in [1.807, 2.05) is 38.1 Å². The third-order valence-corrected chi connectivity index (χ3v) is 7.28. The zero-order valence-electron chi connectivity index (χ0n) is 19.3. The van der Waals surface area contributed by atoms with Crippen LogP contribution in [0.5, 0.6) is 0 Å². The average molecular weight is 460 g/mol. The van der Waals surface area contributed by atoms with Gasteiger partial charge in [-0.25, -0.2) is 12.7 Å². The van der Waals surface area contributed by atoms with Crippen molar-refractivity contribution in [1.29, 1.82) is 0 Å². The summed E-state index contributed by atoms with van der Waals surface area (Å²) >= 11 is 0. The molecule has 0 spiro atoms. The highest BCUT2D eigenvalue weighted by atomic mass is 32.2. The van der Waals surface area contributed by atoms with E-state index in [0.717, 1.165) is 47.1 Å². The smallest absolute Gasteiger partial charge is 0.253 e. The van der Waals surface area contributed by atoms with Gasteiger partial charge in [0.15, 0.2) is 0 Å². The van der Waals surface area contributed by atoms with Gasteiger partial charge in [-0.05, 0) is 56.0 Å². The molecule has 3 rings (SSSR count). The molecule has 1 aliphatic rings. The number of carbonyl (C=O) groups excluding carboxylic acids is 1. The number of anilines is 1. The number of hydrogen-bond acceptors (Lipinski definition) is 5. The van der Waals surface area contributed by atoms with Gasteiger partial charge in [-0.2, -0.15) is 0 Å². The molecule has 1 heterocycles. The van der Waals surface area contributed by atoms with E-state index in [1.54, 1.807) is 12.1 Å². The van der Waals surface area contributed by atoms with E-state index in [1.165, 1.54) is 20.2 Å². The number of nitrogens with zero attached hydrogens (tertiary/aromatic N) is 2. The van der Waals surface area contributed by atoms with Gasteiger partial charge in [0, 0.05) is 39.4 Å². The predicted molar refractivity (Wildman–Crippen MR) is 126 cm³/mol. The Kier molecular flexibility index (Phi) is 7.92. The number of carbonyl (C=O) groups is 1. The van der Waals surface area contributed by atoms with Gasteiger partial charge >= 0.3 is 0 Å². The molecule has 2 aromatic rings. The standard InChI is InChI=1S/C24H33N3O4S/c1-18(2)31-17-20-9-7-8-19(14-20)16-25-24(28)22-15-21(32(29,30)26(3)4)10-11-23(22)27-12-5-6-13-27/h7-11,14-15,18H,5-6,12-13,16-17H2,1-4H3,(H,25,28). The fourth-order valence-electron chi connectivity index (χ4n) is 3.67. The lowest BCUT2D eigenvalue weighted by atomic mass is 10.1. The van der Waals surface area contributed by atoms with E-state index in [9.17, 15) is 13.2 Å². The Balaban J connectivity index is 1.82. The molecule has 1 amide bonds. The summed E-state index contributed by atoms with van der Waals surface area (Å²) in [6.45, 7) is 6.57. The minimum atomic E-state index is -3.64. The Labute approximate surface area is 191 Å². The van der Waals surface area contributed by atoms with E-state index in [2.05, 4.69) is 10.2 Å². The number of benzene rings is 2. The molecule has 1 saturated heterocycles. The number of ether oxygens (including phenoxy) is 1. The summed E-state index contributed by atoms with van der Waals surface area (Å²) in [7, 11) is -0.667. The van der Waals surface area contributed by atoms with Crippen LogP contribution in [-0.2, 0) is 27.9 Å². The zero-order chi connectivity index (χ0) is 23.3. The maximum absolute atomic E-state index is 13.2. The van der Waals surface area contributed by atoms with Crippen LogP contribution >= 0.6 is 0 Å². The van der Waals surface area contributed by atoms with Crippen molar-refractivity contribution >= 4 is 21.6 Å². The van der Waals surface area contributed by atoms with Gasteiger partial charge in [-0.15, -0.1) is 0 Å². The van der Waals surface area contributed by atoms with Crippen molar-refractivity contribution in [2.45, 2.75) is 50.8 Å². The first-order chi connectivity index (χ1) is 15.2. The monoisotopic (exact) mass is 459 g/mol. The largest absolute Gasteiger partial charge is 0.374 e. The Hall–Kier alpha value is -2.42. The van der Waals surface area contributed by atoms with Crippen LogP contribution in [-0.4, -0.2) is 51.9 Å². The van der Waals surface area contributed by atoms with Gasteiger partial charge in [0.1, 0.15) is 0 Å². The van der Waals surface area contributed by atoms with E-state index < -0.39 is 10.0 Å². The number of rotatable bonds is 9. The maximum atomic E-state index is 13.2. The summed E-state index contributed by atoms with van der Waals surface area (Å²) in [5, 5.41) is 2.96. The summed E-state index contributed by atoms with van der Waals surface area (Å²) in [6, 6.07) is 12.7. The highest BCUT2D eigenvalue weighted by molar-refractivity contribution is 7.89. The molecular formula is C24H33N3O4S. The Morgan fingerprint density at radius 1 is 1.09 bits per heavy atom. The fraction of sp³-hybridized carbons (Fsp3) is 0.458. The molecule has 0 aromatic heterocycles. The lowest BCUT2D eigenvalue weighted by Gasteiger charge is -2.22. The van der Waals surface area contributed by atoms with Crippen LogP contribution in [0, 0.1) is 0 Å². The van der Waals surface area contributed by atoms with Crippen molar-refractivity contribution < 1.29 is 17.9 Å².